The molecular weight excluding hydrogens is 222 g/mol. The summed E-state index contributed by atoms with van der Waals surface area (Å²) in [4.78, 5) is 0. The van der Waals surface area contributed by atoms with Crippen molar-refractivity contribution in [3.63, 3.8) is 0 Å². The first-order chi connectivity index (χ1) is 7.72. The van der Waals surface area contributed by atoms with Crippen LogP contribution in [-0.4, -0.2) is 9.78 Å². The first kappa shape index (κ1) is 11.0. The minimum absolute atomic E-state index is 0.655. The van der Waals surface area contributed by atoms with E-state index in [1.54, 1.807) is 12.3 Å². The molecule has 0 bridgehead atoms. The highest BCUT2D eigenvalue weighted by Crippen LogP contribution is 2.28. The van der Waals surface area contributed by atoms with Gasteiger partial charge in [-0.05, 0) is 30.7 Å². The molecule has 0 amide bonds. The summed E-state index contributed by atoms with van der Waals surface area (Å²) in [5.74, 6) is 0. The molecule has 2 aromatic rings. The van der Waals surface area contributed by atoms with Crippen LogP contribution in [0.25, 0.3) is 11.3 Å². The number of halogens is 1. The van der Waals surface area contributed by atoms with E-state index >= 15 is 0 Å². The summed E-state index contributed by atoms with van der Waals surface area (Å²) in [6.45, 7) is 3.01. The fourth-order valence-electron chi connectivity index (χ4n) is 1.72. The molecule has 0 unspecified atom stereocenters. The van der Waals surface area contributed by atoms with E-state index in [1.807, 2.05) is 22.9 Å². The second-order valence-electron chi connectivity index (χ2n) is 3.67. The fraction of sp³-hybridized carbons (Fsp3) is 0.250. The van der Waals surface area contributed by atoms with Gasteiger partial charge in [0.15, 0.2) is 0 Å². The second kappa shape index (κ2) is 4.58. The van der Waals surface area contributed by atoms with Crippen LogP contribution < -0.4 is 5.73 Å². The zero-order valence-corrected chi connectivity index (χ0v) is 9.91. The minimum Gasteiger partial charge on any atom is -0.398 e. The molecule has 0 saturated heterocycles. The van der Waals surface area contributed by atoms with Gasteiger partial charge < -0.3 is 5.73 Å². The van der Waals surface area contributed by atoms with Crippen LogP contribution in [0.5, 0.6) is 0 Å². The van der Waals surface area contributed by atoms with Gasteiger partial charge in [-0.25, -0.2) is 0 Å². The molecule has 0 aliphatic heterocycles. The number of nitrogens with zero attached hydrogens (tertiary/aromatic N) is 2. The van der Waals surface area contributed by atoms with Gasteiger partial charge >= 0.3 is 0 Å². The van der Waals surface area contributed by atoms with E-state index in [0.29, 0.717) is 10.7 Å². The number of aromatic nitrogens is 2. The molecule has 1 aromatic carbocycles. The molecule has 0 saturated carbocycles. The van der Waals surface area contributed by atoms with Crippen LogP contribution in [0, 0.1) is 0 Å². The Balaban J connectivity index is 2.46. The van der Waals surface area contributed by atoms with Crippen molar-refractivity contribution in [3.05, 3.63) is 35.5 Å². The molecule has 0 spiro atoms. The van der Waals surface area contributed by atoms with Crippen molar-refractivity contribution in [2.45, 2.75) is 19.9 Å². The summed E-state index contributed by atoms with van der Waals surface area (Å²) < 4.78 is 1.96. The Morgan fingerprint density at radius 3 is 2.88 bits per heavy atom. The molecule has 2 N–H and O–H groups in total. The number of hydrogen-bond donors (Lipinski definition) is 1. The zero-order valence-electron chi connectivity index (χ0n) is 9.15. The van der Waals surface area contributed by atoms with Gasteiger partial charge in [-0.15, -0.1) is 0 Å². The smallest absolute Gasteiger partial charge is 0.0702 e. The van der Waals surface area contributed by atoms with Crippen molar-refractivity contribution in [1.29, 1.82) is 0 Å². The number of nitrogen functional groups attached to an aromatic ring is 1. The second-order valence-corrected chi connectivity index (χ2v) is 4.11. The van der Waals surface area contributed by atoms with Crippen LogP contribution in [0.4, 0.5) is 5.69 Å². The lowest BCUT2D eigenvalue weighted by atomic mass is 10.1. The third-order valence-corrected chi connectivity index (χ3v) is 2.68. The SMILES string of the molecule is CCCn1nccc1-c1ccc(Cl)cc1N. The molecule has 16 heavy (non-hydrogen) atoms. The number of hydrogen-bond acceptors (Lipinski definition) is 2. The monoisotopic (exact) mass is 235 g/mol. The van der Waals surface area contributed by atoms with Gasteiger partial charge in [-0.2, -0.15) is 5.10 Å². The van der Waals surface area contributed by atoms with Crippen molar-refractivity contribution >= 4 is 17.3 Å². The van der Waals surface area contributed by atoms with E-state index in [9.17, 15) is 0 Å². The average molecular weight is 236 g/mol. The largest absolute Gasteiger partial charge is 0.398 e. The average Bonchev–Trinajstić information content (AvgIpc) is 2.67. The van der Waals surface area contributed by atoms with Crippen LogP contribution in [0.1, 0.15) is 13.3 Å². The van der Waals surface area contributed by atoms with Gasteiger partial charge in [0, 0.05) is 29.0 Å². The topological polar surface area (TPSA) is 43.8 Å². The number of rotatable bonds is 3. The standard InChI is InChI=1S/C12H14ClN3/c1-2-7-16-12(5-6-15-16)10-4-3-9(13)8-11(10)14/h3-6,8H,2,7,14H2,1H3. The van der Waals surface area contributed by atoms with Crippen LogP contribution in [0.3, 0.4) is 0 Å². The Morgan fingerprint density at radius 2 is 2.19 bits per heavy atom. The summed E-state index contributed by atoms with van der Waals surface area (Å²) in [7, 11) is 0. The number of nitrogens with two attached hydrogens (primary N) is 1. The number of aryl methyl sites for hydroxylation is 1. The predicted molar refractivity (Wildman–Crippen MR) is 67.4 cm³/mol. The highest BCUT2D eigenvalue weighted by molar-refractivity contribution is 6.31. The van der Waals surface area contributed by atoms with Gasteiger partial charge in [0.2, 0.25) is 0 Å². The summed E-state index contributed by atoms with van der Waals surface area (Å²) in [5.41, 5.74) is 8.66. The summed E-state index contributed by atoms with van der Waals surface area (Å²) >= 11 is 5.88. The molecular formula is C12H14ClN3. The minimum atomic E-state index is 0.655. The maximum absolute atomic E-state index is 5.95. The Morgan fingerprint density at radius 1 is 1.38 bits per heavy atom. The van der Waals surface area contributed by atoms with Crippen molar-refractivity contribution in [3.8, 4) is 11.3 Å². The first-order valence-corrected chi connectivity index (χ1v) is 5.67. The molecule has 3 nitrogen and oxygen atoms in total. The van der Waals surface area contributed by atoms with Gasteiger partial charge in [0.25, 0.3) is 0 Å². The number of benzene rings is 1. The highest BCUT2D eigenvalue weighted by atomic mass is 35.5. The van der Waals surface area contributed by atoms with Crippen molar-refractivity contribution in [1.82, 2.24) is 9.78 Å². The lowest BCUT2D eigenvalue weighted by Crippen LogP contribution is -2.02. The molecule has 1 heterocycles. The Kier molecular flexibility index (Phi) is 3.15. The van der Waals surface area contributed by atoms with Crippen LogP contribution in [0.15, 0.2) is 30.5 Å². The summed E-state index contributed by atoms with van der Waals surface area (Å²) in [6, 6.07) is 7.51. The highest BCUT2D eigenvalue weighted by Gasteiger charge is 2.08. The van der Waals surface area contributed by atoms with E-state index in [2.05, 4.69) is 12.0 Å². The van der Waals surface area contributed by atoms with E-state index in [4.69, 9.17) is 17.3 Å². The molecule has 0 radical (unpaired) electrons. The van der Waals surface area contributed by atoms with E-state index in [-0.39, 0.29) is 0 Å². The maximum Gasteiger partial charge on any atom is 0.0702 e. The van der Waals surface area contributed by atoms with Crippen LogP contribution >= 0.6 is 11.6 Å². The Labute approximate surface area is 99.8 Å². The third-order valence-electron chi connectivity index (χ3n) is 2.44. The summed E-state index contributed by atoms with van der Waals surface area (Å²) in [5, 5.41) is 4.93. The van der Waals surface area contributed by atoms with Gasteiger partial charge in [0.05, 0.1) is 5.69 Å². The van der Waals surface area contributed by atoms with Crippen molar-refractivity contribution in [2.75, 3.05) is 5.73 Å². The third kappa shape index (κ3) is 2.04. The number of anilines is 1. The molecule has 1 aromatic heterocycles. The normalized spacial score (nSPS) is 10.6. The molecule has 0 fully saturated rings. The molecule has 0 aliphatic rings. The fourth-order valence-corrected chi connectivity index (χ4v) is 1.90. The van der Waals surface area contributed by atoms with Crippen molar-refractivity contribution in [2.24, 2.45) is 0 Å². The van der Waals surface area contributed by atoms with Crippen LogP contribution in [0.2, 0.25) is 5.02 Å². The lowest BCUT2D eigenvalue weighted by molar-refractivity contribution is 0.609. The van der Waals surface area contributed by atoms with Gasteiger partial charge in [-0.3, -0.25) is 4.68 Å². The molecule has 2 rings (SSSR count). The van der Waals surface area contributed by atoms with E-state index < -0.39 is 0 Å². The quantitative estimate of drug-likeness (QED) is 0.831. The van der Waals surface area contributed by atoms with E-state index in [1.165, 1.54) is 0 Å². The molecule has 4 heteroatoms. The molecule has 84 valence electrons. The Hall–Kier alpha value is -1.48. The van der Waals surface area contributed by atoms with E-state index in [0.717, 1.165) is 24.2 Å². The first-order valence-electron chi connectivity index (χ1n) is 5.29. The van der Waals surface area contributed by atoms with Crippen molar-refractivity contribution < 1.29 is 0 Å². The van der Waals surface area contributed by atoms with Crippen LogP contribution in [-0.2, 0) is 6.54 Å². The Bertz CT molecular complexity index is 491. The summed E-state index contributed by atoms with van der Waals surface area (Å²) in [6.07, 6.45) is 2.83. The molecule has 0 atom stereocenters. The lowest BCUT2D eigenvalue weighted by Gasteiger charge is -2.08. The van der Waals surface area contributed by atoms with Gasteiger partial charge in [-0.1, -0.05) is 18.5 Å². The predicted octanol–water partition coefficient (Wildman–Crippen LogP) is 3.20. The maximum atomic E-state index is 5.95. The zero-order chi connectivity index (χ0) is 11.5. The molecule has 0 aliphatic carbocycles. The van der Waals surface area contributed by atoms with Gasteiger partial charge in [0.1, 0.15) is 0 Å².